The van der Waals surface area contributed by atoms with Gasteiger partial charge in [-0.3, -0.25) is 0 Å². The second-order valence-corrected chi connectivity index (χ2v) is 6.57. The maximum atomic E-state index is 12.7. The van der Waals surface area contributed by atoms with Gasteiger partial charge in [-0.1, -0.05) is 49.7 Å². The van der Waals surface area contributed by atoms with Crippen molar-refractivity contribution in [2.45, 2.75) is 33.1 Å². The Balaban J connectivity index is 1.89. The van der Waals surface area contributed by atoms with Crippen LogP contribution in [0.1, 0.15) is 53.0 Å². The summed E-state index contributed by atoms with van der Waals surface area (Å²) in [5, 5.41) is 1.39. The summed E-state index contributed by atoms with van der Waals surface area (Å²) in [4.78, 5) is 25.0. The molecule has 28 heavy (non-hydrogen) atoms. The third-order valence-electron chi connectivity index (χ3n) is 4.57. The first-order valence-electron chi connectivity index (χ1n) is 9.64. The average Bonchev–Trinajstić information content (AvgIpc) is 2.72. The van der Waals surface area contributed by atoms with Crippen LogP contribution in [-0.4, -0.2) is 18.5 Å². The van der Waals surface area contributed by atoms with E-state index in [1.165, 1.54) is 5.56 Å². The first kappa shape index (κ1) is 19.6. The number of carbonyl (C=O) groups is 2. The lowest BCUT2D eigenvalue weighted by Crippen LogP contribution is -2.10. The first-order valence-corrected chi connectivity index (χ1v) is 9.64. The van der Waals surface area contributed by atoms with E-state index in [1.54, 1.807) is 43.3 Å². The van der Waals surface area contributed by atoms with Gasteiger partial charge in [0.05, 0.1) is 17.7 Å². The van der Waals surface area contributed by atoms with E-state index < -0.39 is 11.9 Å². The molecule has 144 valence electrons. The van der Waals surface area contributed by atoms with Crippen molar-refractivity contribution in [3.8, 4) is 5.75 Å². The van der Waals surface area contributed by atoms with Gasteiger partial charge in [-0.2, -0.15) is 0 Å². The molecule has 0 N–H and O–H groups in total. The molecule has 0 aromatic heterocycles. The predicted molar refractivity (Wildman–Crippen MR) is 110 cm³/mol. The standard InChI is InChI=1S/C24H24O4/c1-3-5-8-17-13-15-19(16-14-17)23(25)28-21-12-7-10-18-9-6-11-20(22(18)21)24(26)27-4-2/h6-7,9-16H,3-5,8H2,1-2H3. The molecule has 0 amide bonds. The largest absolute Gasteiger partial charge is 0.462 e. The van der Waals surface area contributed by atoms with Crippen molar-refractivity contribution in [1.82, 2.24) is 0 Å². The van der Waals surface area contributed by atoms with Gasteiger partial charge in [-0.05, 0) is 55.0 Å². The van der Waals surface area contributed by atoms with Crippen LogP contribution in [0.2, 0.25) is 0 Å². The third kappa shape index (κ3) is 4.39. The summed E-state index contributed by atoms with van der Waals surface area (Å²) < 4.78 is 10.8. The van der Waals surface area contributed by atoms with E-state index in [-0.39, 0.29) is 6.61 Å². The molecule has 0 fully saturated rings. The summed E-state index contributed by atoms with van der Waals surface area (Å²) >= 11 is 0. The number of unbranched alkanes of at least 4 members (excludes halogenated alkanes) is 1. The predicted octanol–water partition coefficient (Wildman–Crippen LogP) is 5.58. The molecule has 0 unspecified atom stereocenters. The van der Waals surface area contributed by atoms with Crippen molar-refractivity contribution < 1.29 is 19.1 Å². The molecule has 0 atom stereocenters. The Morgan fingerprint density at radius 3 is 2.25 bits per heavy atom. The molecule has 0 saturated heterocycles. The molecule has 0 aliphatic rings. The van der Waals surface area contributed by atoms with E-state index in [2.05, 4.69) is 6.92 Å². The number of rotatable bonds is 7. The number of aryl methyl sites for hydroxylation is 1. The number of ether oxygens (including phenoxy) is 2. The number of hydrogen-bond donors (Lipinski definition) is 0. The van der Waals surface area contributed by atoms with Crippen LogP contribution in [-0.2, 0) is 11.2 Å². The second-order valence-electron chi connectivity index (χ2n) is 6.57. The maximum absolute atomic E-state index is 12.7. The quantitative estimate of drug-likeness (QED) is 0.399. The van der Waals surface area contributed by atoms with Crippen molar-refractivity contribution in [3.63, 3.8) is 0 Å². The summed E-state index contributed by atoms with van der Waals surface area (Å²) in [6.45, 7) is 4.19. The molecule has 3 aromatic carbocycles. The van der Waals surface area contributed by atoms with Gasteiger partial charge in [0, 0.05) is 5.39 Å². The van der Waals surface area contributed by atoms with Crippen LogP contribution in [0.5, 0.6) is 5.75 Å². The Morgan fingerprint density at radius 2 is 1.57 bits per heavy atom. The number of hydrogen-bond acceptors (Lipinski definition) is 4. The van der Waals surface area contributed by atoms with Crippen LogP contribution >= 0.6 is 0 Å². The van der Waals surface area contributed by atoms with Gasteiger partial charge < -0.3 is 9.47 Å². The van der Waals surface area contributed by atoms with E-state index in [1.807, 2.05) is 24.3 Å². The monoisotopic (exact) mass is 376 g/mol. The minimum atomic E-state index is -0.451. The highest BCUT2D eigenvalue weighted by Crippen LogP contribution is 2.30. The van der Waals surface area contributed by atoms with Gasteiger partial charge in [0.2, 0.25) is 0 Å². The van der Waals surface area contributed by atoms with Gasteiger partial charge in [-0.25, -0.2) is 9.59 Å². The maximum Gasteiger partial charge on any atom is 0.343 e. The molecule has 0 bridgehead atoms. The molecule has 0 radical (unpaired) electrons. The number of benzene rings is 3. The molecular formula is C24H24O4. The highest BCUT2D eigenvalue weighted by molar-refractivity contribution is 6.08. The third-order valence-corrected chi connectivity index (χ3v) is 4.57. The lowest BCUT2D eigenvalue weighted by atomic mass is 10.0. The summed E-state index contributed by atoms with van der Waals surface area (Å²) in [5.41, 5.74) is 2.07. The van der Waals surface area contributed by atoms with Crippen LogP contribution in [0, 0.1) is 0 Å². The topological polar surface area (TPSA) is 52.6 Å². The fourth-order valence-corrected chi connectivity index (χ4v) is 3.12. The number of fused-ring (bicyclic) bond motifs is 1. The van der Waals surface area contributed by atoms with E-state index in [0.717, 1.165) is 24.6 Å². The van der Waals surface area contributed by atoms with Crippen molar-refractivity contribution >= 4 is 22.7 Å². The smallest absolute Gasteiger partial charge is 0.343 e. The van der Waals surface area contributed by atoms with Gasteiger partial charge in [0.25, 0.3) is 0 Å². The number of esters is 2. The molecule has 0 spiro atoms. The molecule has 0 aliphatic heterocycles. The Kier molecular flexibility index (Phi) is 6.43. The highest BCUT2D eigenvalue weighted by atomic mass is 16.5. The molecule has 0 aliphatic carbocycles. The van der Waals surface area contributed by atoms with E-state index >= 15 is 0 Å². The lowest BCUT2D eigenvalue weighted by Gasteiger charge is -2.11. The van der Waals surface area contributed by atoms with Crippen LogP contribution in [0.15, 0.2) is 60.7 Å². The van der Waals surface area contributed by atoms with Crippen LogP contribution in [0.25, 0.3) is 10.8 Å². The van der Waals surface area contributed by atoms with E-state index in [0.29, 0.717) is 22.3 Å². The molecule has 0 heterocycles. The van der Waals surface area contributed by atoms with Crippen molar-refractivity contribution in [2.24, 2.45) is 0 Å². The molecule has 0 saturated carbocycles. The zero-order valence-electron chi connectivity index (χ0n) is 16.2. The Bertz CT molecular complexity index is 968. The Hall–Kier alpha value is -3.14. The van der Waals surface area contributed by atoms with Gasteiger partial charge in [0.15, 0.2) is 0 Å². The minimum Gasteiger partial charge on any atom is -0.462 e. The normalized spacial score (nSPS) is 10.6. The zero-order valence-corrected chi connectivity index (χ0v) is 16.2. The van der Waals surface area contributed by atoms with Crippen molar-refractivity contribution in [2.75, 3.05) is 6.61 Å². The van der Waals surface area contributed by atoms with Crippen LogP contribution < -0.4 is 4.74 Å². The van der Waals surface area contributed by atoms with Gasteiger partial charge in [0.1, 0.15) is 5.75 Å². The fraction of sp³-hybridized carbons (Fsp3) is 0.250. The summed E-state index contributed by atoms with van der Waals surface area (Å²) in [5.74, 6) is -0.536. The number of carbonyl (C=O) groups excluding carboxylic acids is 2. The van der Waals surface area contributed by atoms with Gasteiger partial charge in [-0.15, -0.1) is 0 Å². The average molecular weight is 376 g/mol. The molecule has 3 rings (SSSR count). The van der Waals surface area contributed by atoms with Crippen molar-refractivity contribution in [1.29, 1.82) is 0 Å². The Morgan fingerprint density at radius 1 is 0.857 bits per heavy atom. The van der Waals surface area contributed by atoms with Crippen LogP contribution in [0.3, 0.4) is 0 Å². The van der Waals surface area contributed by atoms with Crippen molar-refractivity contribution in [3.05, 3.63) is 77.4 Å². The summed E-state index contributed by atoms with van der Waals surface area (Å²) in [6.07, 6.45) is 3.25. The fourth-order valence-electron chi connectivity index (χ4n) is 3.12. The minimum absolute atomic E-state index is 0.279. The lowest BCUT2D eigenvalue weighted by molar-refractivity contribution is 0.0527. The van der Waals surface area contributed by atoms with E-state index in [4.69, 9.17) is 9.47 Å². The zero-order chi connectivity index (χ0) is 19.9. The summed E-state index contributed by atoms with van der Waals surface area (Å²) in [6, 6.07) is 18.2. The second kappa shape index (κ2) is 9.18. The summed E-state index contributed by atoms with van der Waals surface area (Å²) in [7, 11) is 0. The highest BCUT2D eigenvalue weighted by Gasteiger charge is 2.17. The van der Waals surface area contributed by atoms with Crippen LogP contribution in [0.4, 0.5) is 0 Å². The first-order chi connectivity index (χ1) is 13.6. The van der Waals surface area contributed by atoms with E-state index in [9.17, 15) is 9.59 Å². The SMILES string of the molecule is CCCCc1ccc(C(=O)Oc2cccc3cccc(C(=O)OCC)c23)cc1. The molecular weight excluding hydrogens is 352 g/mol. The molecule has 4 nitrogen and oxygen atoms in total. The molecule has 3 aromatic rings. The van der Waals surface area contributed by atoms with Gasteiger partial charge >= 0.3 is 11.9 Å². The molecule has 4 heteroatoms. The Labute approximate surface area is 165 Å².